The van der Waals surface area contributed by atoms with Crippen molar-refractivity contribution in [1.29, 1.82) is 5.26 Å². The molecule has 0 aliphatic carbocycles. The number of benzene rings is 1. The zero-order valence-corrected chi connectivity index (χ0v) is 15.3. The van der Waals surface area contributed by atoms with Crippen LogP contribution in [0.4, 0.5) is 0 Å². The number of halogens is 1. The smallest absolute Gasteiger partial charge is 0.331 e. The third-order valence-corrected chi connectivity index (χ3v) is 3.68. The number of carbonyl (C=O) groups is 2. The summed E-state index contributed by atoms with van der Waals surface area (Å²) in [6.07, 6.45) is -0.0721. The van der Waals surface area contributed by atoms with Crippen molar-refractivity contribution < 1.29 is 19.1 Å². The Bertz CT molecular complexity index is 630. The molecule has 0 aliphatic heterocycles. The summed E-state index contributed by atoms with van der Waals surface area (Å²) in [5.74, 6) is -1.15. The molecule has 1 unspecified atom stereocenters. The highest BCUT2D eigenvalue weighted by Crippen LogP contribution is 2.33. The van der Waals surface area contributed by atoms with E-state index in [2.05, 4.69) is 26.7 Å². The van der Waals surface area contributed by atoms with Gasteiger partial charge in [0.15, 0.2) is 5.41 Å². The summed E-state index contributed by atoms with van der Waals surface area (Å²) < 4.78 is 10.8. The Morgan fingerprint density at radius 1 is 1.30 bits per heavy atom. The topological polar surface area (TPSA) is 76.4 Å². The van der Waals surface area contributed by atoms with Crippen molar-refractivity contribution in [3.8, 4) is 6.07 Å². The Labute approximate surface area is 144 Å². The van der Waals surface area contributed by atoms with Crippen LogP contribution in [0.2, 0.25) is 0 Å². The standard InChI is InChI=1S/C17H20BrNO4/c1-16(2,3)23-15(21)17(11-19,9-8-14(20)22-4)12-6-5-7-13(18)10-12/h5-7,10H,8-9H2,1-4H3. The molecule has 0 amide bonds. The maximum atomic E-state index is 12.7. The first-order valence-corrected chi connectivity index (χ1v) is 7.91. The van der Waals surface area contributed by atoms with Gasteiger partial charge in [-0.3, -0.25) is 4.79 Å². The van der Waals surface area contributed by atoms with Crippen molar-refractivity contribution in [2.75, 3.05) is 7.11 Å². The van der Waals surface area contributed by atoms with Crippen LogP contribution in [0.5, 0.6) is 0 Å². The van der Waals surface area contributed by atoms with E-state index >= 15 is 0 Å². The third kappa shape index (κ3) is 5.07. The second-order valence-corrected chi connectivity index (χ2v) is 7.02. The monoisotopic (exact) mass is 381 g/mol. The summed E-state index contributed by atoms with van der Waals surface area (Å²) in [4.78, 5) is 24.2. The lowest BCUT2D eigenvalue weighted by molar-refractivity contribution is -0.160. The van der Waals surface area contributed by atoms with Crippen LogP contribution in [0.15, 0.2) is 28.7 Å². The van der Waals surface area contributed by atoms with Gasteiger partial charge in [0.25, 0.3) is 0 Å². The fourth-order valence-corrected chi connectivity index (χ4v) is 2.44. The lowest BCUT2D eigenvalue weighted by Gasteiger charge is -2.29. The Morgan fingerprint density at radius 3 is 2.43 bits per heavy atom. The van der Waals surface area contributed by atoms with E-state index in [4.69, 9.17) is 4.74 Å². The van der Waals surface area contributed by atoms with Crippen LogP contribution in [0.1, 0.15) is 39.2 Å². The van der Waals surface area contributed by atoms with Crippen LogP contribution in [0.25, 0.3) is 0 Å². The molecule has 0 heterocycles. The highest BCUT2D eigenvalue weighted by atomic mass is 79.9. The number of nitrogens with zero attached hydrogens (tertiary/aromatic N) is 1. The van der Waals surface area contributed by atoms with Crippen molar-refractivity contribution in [2.24, 2.45) is 0 Å². The summed E-state index contributed by atoms with van der Waals surface area (Å²) in [6, 6.07) is 8.94. The molecule has 0 aromatic heterocycles. The molecule has 0 N–H and O–H groups in total. The first-order chi connectivity index (χ1) is 10.6. The van der Waals surface area contributed by atoms with Gasteiger partial charge in [-0.1, -0.05) is 28.1 Å². The quantitative estimate of drug-likeness (QED) is 0.729. The molecule has 1 aromatic rings. The third-order valence-electron chi connectivity index (χ3n) is 3.19. The Balaban J connectivity index is 3.30. The molecule has 0 saturated carbocycles. The zero-order valence-electron chi connectivity index (χ0n) is 13.7. The summed E-state index contributed by atoms with van der Waals surface area (Å²) in [5.41, 5.74) is -1.82. The summed E-state index contributed by atoms with van der Waals surface area (Å²) >= 11 is 3.33. The first-order valence-electron chi connectivity index (χ1n) is 7.12. The number of ether oxygens (including phenoxy) is 2. The maximum Gasteiger partial charge on any atom is 0.331 e. The second kappa shape index (κ2) is 7.60. The number of rotatable bonds is 5. The number of hydrogen-bond acceptors (Lipinski definition) is 5. The van der Waals surface area contributed by atoms with Crippen LogP contribution in [0, 0.1) is 11.3 Å². The van der Waals surface area contributed by atoms with E-state index < -0.39 is 23.0 Å². The summed E-state index contributed by atoms with van der Waals surface area (Å²) in [7, 11) is 1.27. The number of nitriles is 1. The minimum atomic E-state index is -1.56. The van der Waals surface area contributed by atoms with Gasteiger partial charge < -0.3 is 9.47 Å². The first kappa shape index (κ1) is 19.2. The van der Waals surface area contributed by atoms with Crippen LogP contribution in [-0.4, -0.2) is 24.6 Å². The molecule has 0 bridgehead atoms. The van der Waals surface area contributed by atoms with Gasteiger partial charge in [0.05, 0.1) is 13.2 Å². The molecule has 0 fully saturated rings. The largest absolute Gasteiger partial charge is 0.469 e. The average molecular weight is 382 g/mol. The number of esters is 2. The van der Waals surface area contributed by atoms with Crippen LogP contribution in [-0.2, 0) is 24.5 Å². The molecule has 0 saturated heterocycles. The van der Waals surface area contributed by atoms with Crippen molar-refractivity contribution >= 4 is 27.9 Å². The van der Waals surface area contributed by atoms with Crippen molar-refractivity contribution in [1.82, 2.24) is 0 Å². The van der Waals surface area contributed by atoms with Crippen molar-refractivity contribution in [3.05, 3.63) is 34.3 Å². The molecule has 1 atom stereocenters. The highest BCUT2D eigenvalue weighted by molar-refractivity contribution is 9.10. The van der Waals surface area contributed by atoms with Gasteiger partial charge in [-0.25, -0.2) is 4.79 Å². The van der Waals surface area contributed by atoms with E-state index in [1.54, 1.807) is 45.0 Å². The molecule has 0 radical (unpaired) electrons. The number of hydrogen-bond donors (Lipinski definition) is 0. The Kier molecular flexibility index (Phi) is 6.34. The molecule has 1 rings (SSSR count). The van der Waals surface area contributed by atoms with E-state index in [1.807, 2.05) is 0 Å². The minimum Gasteiger partial charge on any atom is -0.469 e. The van der Waals surface area contributed by atoms with Crippen molar-refractivity contribution in [2.45, 2.75) is 44.6 Å². The van der Waals surface area contributed by atoms with Gasteiger partial charge in [-0.05, 0) is 44.9 Å². The number of methoxy groups -OCH3 is 1. The average Bonchev–Trinajstić information content (AvgIpc) is 2.46. The van der Waals surface area contributed by atoms with E-state index in [1.165, 1.54) is 7.11 Å². The highest BCUT2D eigenvalue weighted by Gasteiger charge is 2.44. The van der Waals surface area contributed by atoms with E-state index in [0.29, 0.717) is 5.56 Å². The Hall–Kier alpha value is -1.87. The van der Waals surface area contributed by atoms with E-state index in [9.17, 15) is 14.9 Å². The molecule has 0 spiro atoms. The molecule has 0 aliphatic rings. The second-order valence-electron chi connectivity index (χ2n) is 6.11. The molecule has 1 aromatic carbocycles. The van der Waals surface area contributed by atoms with Crippen LogP contribution in [0.3, 0.4) is 0 Å². The fraction of sp³-hybridized carbons (Fsp3) is 0.471. The predicted molar refractivity (Wildman–Crippen MR) is 88.5 cm³/mol. The number of carbonyl (C=O) groups excluding carboxylic acids is 2. The molecule has 124 valence electrons. The van der Waals surface area contributed by atoms with Gasteiger partial charge in [0.2, 0.25) is 0 Å². The van der Waals surface area contributed by atoms with Gasteiger partial charge in [-0.15, -0.1) is 0 Å². The lowest BCUT2D eigenvalue weighted by Crippen LogP contribution is -2.40. The normalized spacial score (nSPS) is 13.6. The summed E-state index contributed by atoms with van der Waals surface area (Å²) in [6.45, 7) is 5.19. The maximum absolute atomic E-state index is 12.7. The predicted octanol–water partition coefficient (Wildman–Crippen LogP) is 3.51. The Morgan fingerprint density at radius 2 is 1.96 bits per heavy atom. The van der Waals surface area contributed by atoms with Gasteiger partial charge >= 0.3 is 11.9 Å². The molecular formula is C17H20BrNO4. The van der Waals surface area contributed by atoms with E-state index in [0.717, 1.165) is 4.47 Å². The fourth-order valence-electron chi connectivity index (χ4n) is 2.04. The van der Waals surface area contributed by atoms with Crippen LogP contribution >= 0.6 is 15.9 Å². The molecule has 23 heavy (non-hydrogen) atoms. The van der Waals surface area contributed by atoms with E-state index in [-0.39, 0.29) is 12.8 Å². The van der Waals surface area contributed by atoms with Crippen LogP contribution < -0.4 is 0 Å². The zero-order chi connectivity index (χ0) is 17.7. The SMILES string of the molecule is COC(=O)CCC(C#N)(C(=O)OC(C)(C)C)c1cccc(Br)c1. The lowest BCUT2D eigenvalue weighted by atomic mass is 9.77. The van der Waals surface area contributed by atoms with Gasteiger partial charge in [-0.2, -0.15) is 5.26 Å². The van der Waals surface area contributed by atoms with Crippen molar-refractivity contribution in [3.63, 3.8) is 0 Å². The molecule has 6 heteroatoms. The summed E-state index contributed by atoms with van der Waals surface area (Å²) in [5, 5.41) is 9.76. The molecular weight excluding hydrogens is 362 g/mol. The van der Waals surface area contributed by atoms with Gasteiger partial charge in [0.1, 0.15) is 5.60 Å². The molecule has 5 nitrogen and oxygen atoms in total. The van der Waals surface area contributed by atoms with Gasteiger partial charge in [0, 0.05) is 10.9 Å². The minimum absolute atomic E-state index is 0.0124.